The van der Waals surface area contributed by atoms with Gasteiger partial charge in [-0.15, -0.1) is 0 Å². The van der Waals surface area contributed by atoms with E-state index in [0.717, 1.165) is 4.31 Å². The Morgan fingerprint density at radius 1 is 0.923 bits per heavy atom. The summed E-state index contributed by atoms with van der Waals surface area (Å²) >= 11 is 0. The van der Waals surface area contributed by atoms with E-state index in [1.165, 1.54) is 63.7 Å². The molecule has 4 rings (SSSR count). The maximum atomic E-state index is 14.0. The third kappa shape index (κ3) is 5.55. The maximum Gasteiger partial charge on any atom is 0.348 e. The fourth-order valence-electron chi connectivity index (χ4n) is 4.10. The van der Waals surface area contributed by atoms with Crippen LogP contribution in [-0.4, -0.2) is 67.9 Å². The van der Waals surface area contributed by atoms with Crippen molar-refractivity contribution in [2.45, 2.75) is 11.0 Å². The molecule has 1 amide bonds. The first kappa shape index (κ1) is 27.6. The molecule has 11 nitrogen and oxygen atoms in total. The maximum absolute atomic E-state index is 14.0. The number of nitrogens with zero attached hydrogens (tertiary/aromatic N) is 2. The SMILES string of the molecule is COC(=O)C1CN(C(=O)CN(c2ccc(OC)cc2)S(=O)(=O)c2ccc(OC)c(OC)c2)c2ccccc2O1. The number of methoxy groups -OCH3 is 4. The van der Waals surface area contributed by atoms with Gasteiger partial charge in [-0.3, -0.25) is 9.10 Å². The summed E-state index contributed by atoms with van der Waals surface area (Å²) in [5, 5.41) is 0. The Kier molecular flexibility index (Phi) is 8.15. The molecule has 0 aliphatic carbocycles. The quantitative estimate of drug-likeness (QED) is 0.366. The largest absolute Gasteiger partial charge is 0.497 e. The zero-order chi connectivity index (χ0) is 28.2. The van der Waals surface area contributed by atoms with Crippen LogP contribution in [0, 0.1) is 0 Å². The average molecular weight is 557 g/mol. The summed E-state index contributed by atoms with van der Waals surface area (Å²) in [4.78, 5) is 27.3. The predicted octanol–water partition coefficient (Wildman–Crippen LogP) is 2.87. The molecule has 0 bridgehead atoms. The molecule has 0 radical (unpaired) electrons. The van der Waals surface area contributed by atoms with Gasteiger partial charge in [0.1, 0.15) is 18.0 Å². The zero-order valence-electron chi connectivity index (χ0n) is 21.8. The number of hydrogen-bond acceptors (Lipinski definition) is 9. The van der Waals surface area contributed by atoms with Gasteiger partial charge in [-0.25, -0.2) is 13.2 Å². The number of ether oxygens (including phenoxy) is 5. The van der Waals surface area contributed by atoms with Crippen LogP contribution in [0.1, 0.15) is 0 Å². The van der Waals surface area contributed by atoms with E-state index in [0.29, 0.717) is 22.9 Å². The summed E-state index contributed by atoms with van der Waals surface area (Å²) in [5.74, 6) is 0.125. The molecule has 0 saturated carbocycles. The van der Waals surface area contributed by atoms with E-state index < -0.39 is 34.5 Å². The van der Waals surface area contributed by atoms with Crippen molar-refractivity contribution in [3.05, 3.63) is 66.7 Å². The number of esters is 1. The third-order valence-electron chi connectivity index (χ3n) is 6.12. The number of sulfonamides is 1. The lowest BCUT2D eigenvalue weighted by Gasteiger charge is -2.35. The highest BCUT2D eigenvalue weighted by atomic mass is 32.2. The molecule has 0 fully saturated rings. The van der Waals surface area contributed by atoms with Crippen LogP contribution in [0.5, 0.6) is 23.0 Å². The first-order valence-corrected chi connectivity index (χ1v) is 13.2. The fourth-order valence-corrected chi connectivity index (χ4v) is 5.53. The molecule has 206 valence electrons. The number of anilines is 2. The van der Waals surface area contributed by atoms with E-state index in [2.05, 4.69) is 0 Å². The molecule has 39 heavy (non-hydrogen) atoms. The molecule has 1 aliphatic rings. The molecular formula is C27H28N2O9S. The standard InChI is InChI=1S/C27H28N2O9S/c1-34-19-11-9-18(10-12-19)29(39(32,33)20-13-14-23(35-2)24(15-20)36-3)17-26(30)28-16-25(27(31)37-4)38-22-8-6-5-7-21(22)28/h5-15,25H,16-17H2,1-4H3. The summed E-state index contributed by atoms with van der Waals surface area (Å²) in [5.41, 5.74) is 0.630. The minimum absolute atomic E-state index is 0.112. The summed E-state index contributed by atoms with van der Waals surface area (Å²) in [6.45, 7) is -0.736. The molecule has 0 aromatic heterocycles. The number of fused-ring (bicyclic) bond motifs is 1. The smallest absolute Gasteiger partial charge is 0.348 e. The molecule has 1 heterocycles. The lowest BCUT2D eigenvalue weighted by molar-refractivity contribution is -0.148. The van der Waals surface area contributed by atoms with E-state index in [1.54, 1.807) is 36.4 Å². The van der Waals surface area contributed by atoms with Gasteiger partial charge in [0.05, 0.1) is 51.3 Å². The van der Waals surface area contributed by atoms with Crippen molar-refractivity contribution in [3.63, 3.8) is 0 Å². The van der Waals surface area contributed by atoms with Crippen LogP contribution in [0.25, 0.3) is 0 Å². The van der Waals surface area contributed by atoms with Crippen LogP contribution >= 0.6 is 0 Å². The molecule has 3 aromatic carbocycles. The fraction of sp³-hybridized carbons (Fsp3) is 0.259. The highest BCUT2D eigenvalue weighted by Gasteiger charge is 2.37. The summed E-state index contributed by atoms with van der Waals surface area (Å²) in [6, 6.07) is 17.1. The van der Waals surface area contributed by atoms with E-state index in [4.69, 9.17) is 23.7 Å². The van der Waals surface area contributed by atoms with Gasteiger partial charge < -0.3 is 28.6 Å². The van der Waals surface area contributed by atoms with Crippen molar-refractivity contribution in [2.75, 3.05) is 50.7 Å². The molecule has 0 N–H and O–H groups in total. The molecule has 1 aliphatic heterocycles. The second-order valence-corrected chi connectivity index (χ2v) is 10.2. The van der Waals surface area contributed by atoms with E-state index >= 15 is 0 Å². The molecule has 0 spiro atoms. The van der Waals surface area contributed by atoms with Gasteiger partial charge in [0, 0.05) is 6.07 Å². The number of carbonyl (C=O) groups excluding carboxylic acids is 2. The number of benzene rings is 3. The first-order chi connectivity index (χ1) is 18.7. The summed E-state index contributed by atoms with van der Waals surface area (Å²) in [6.07, 6.45) is -1.08. The van der Waals surface area contributed by atoms with E-state index in [9.17, 15) is 18.0 Å². The minimum Gasteiger partial charge on any atom is -0.497 e. The highest BCUT2D eigenvalue weighted by molar-refractivity contribution is 7.92. The Hall–Kier alpha value is -4.45. The number of rotatable bonds is 9. The van der Waals surface area contributed by atoms with E-state index in [-0.39, 0.29) is 22.9 Å². The lowest BCUT2D eigenvalue weighted by Crippen LogP contribution is -2.51. The van der Waals surface area contributed by atoms with Crippen molar-refractivity contribution >= 4 is 33.3 Å². The zero-order valence-corrected chi connectivity index (χ0v) is 22.6. The number of para-hydroxylation sites is 2. The number of hydrogen-bond donors (Lipinski definition) is 0. The van der Waals surface area contributed by atoms with Crippen LogP contribution in [0.15, 0.2) is 71.6 Å². The normalized spacial score (nSPS) is 14.5. The third-order valence-corrected chi connectivity index (χ3v) is 7.89. The minimum atomic E-state index is -4.29. The Morgan fingerprint density at radius 2 is 1.62 bits per heavy atom. The van der Waals surface area contributed by atoms with E-state index in [1.807, 2.05) is 0 Å². The van der Waals surface area contributed by atoms with Crippen molar-refractivity contribution in [1.82, 2.24) is 0 Å². The van der Waals surface area contributed by atoms with Gasteiger partial charge in [0.2, 0.25) is 12.0 Å². The van der Waals surface area contributed by atoms with Gasteiger partial charge in [0.15, 0.2) is 11.5 Å². The predicted molar refractivity (Wildman–Crippen MR) is 142 cm³/mol. The Balaban J connectivity index is 1.76. The Morgan fingerprint density at radius 3 is 2.26 bits per heavy atom. The van der Waals surface area contributed by atoms with Crippen LogP contribution in [-0.2, 0) is 24.3 Å². The molecular weight excluding hydrogens is 528 g/mol. The second-order valence-electron chi connectivity index (χ2n) is 8.33. The Labute approximate surface area is 226 Å². The molecule has 0 saturated heterocycles. The lowest BCUT2D eigenvalue weighted by atomic mass is 10.2. The van der Waals surface area contributed by atoms with Crippen molar-refractivity contribution < 1.29 is 41.7 Å². The monoisotopic (exact) mass is 556 g/mol. The van der Waals surface area contributed by atoms with Crippen LogP contribution in [0.2, 0.25) is 0 Å². The summed E-state index contributed by atoms with van der Waals surface area (Å²) in [7, 11) is 1.26. The first-order valence-electron chi connectivity index (χ1n) is 11.8. The van der Waals surface area contributed by atoms with Crippen LogP contribution in [0.4, 0.5) is 11.4 Å². The van der Waals surface area contributed by atoms with Crippen molar-refractivity contribution in [2.24, 2.45) is 0 Å². The van der Waals surface area contributed by atoms with Gasteiger partial charge >= 0.3 is 5.97 Å². The molecule has 1 atom stereocenters. The highest BCUT2D eigenvalue weighted by Crippen LogP contribution is 2.35. The second kappa shape index (κ2) is 11.5. The van der Waals surface area contributed by atoms with Gasteiger partial charge in [-0.1, -0.05) is 12.1 Å². The average Bonchev–Trinajstić information content (AvgIpc) is 2.98. The van der Waals surface area contributed by atoms with Crippen LogP contribution < -0.4 is 28.2 Å². The van der Waals surface area contributed by atoms with Gasteiger partial charge in [0.25, 0.3) is 10.0 Å². The molecule has 1 unspecified atom stereocenters. The number of amides is 1. The van der Waals surface area contributed by atoms with Crippen molar-refractivity contribution in [1.29, 1.82) is 0 Å². The van der Waals surface area contributed by atoms with Gasteiger partial charge in [-0.2, -0.15) is 0 Å². The number of carbonyl (C=O) groups is 2. The topological polar surface area (TPSA) is 121 Å². The molecule has 12 heteroatoms. The Bertz CT molecular complexity index is 1460. The molecule has 3 aromatic rings. The summed E-state index contributed by atoms with van der Waals surface area (Å²) < 4.78 is 55.2. The van der Waals surface area contributed by atoms with Gasteiger partial charge in [-0.05, 0) is 48.5 Å². The van der Waals surface area contributed by atoms with Crippen LogP contribution in [0.3, 0.4) is 0 Å². The van der Waals surface area contributed by atoms with Crippen molar-refractivity contribution in [3.8, 4) is 23.0 Å².